The molecule has 1 atom stereocenters. The number of nitrogens with zero attached hydrogens (tertiary/aromatic N) is 1. The highest BCUT2D eigenvalue weighted by atomic mass is 79.9. The molecule has 3 nitrogen and oxygen atoms in total. The molecule has 2 rings (SSSR count). The van der Waals surface area contributed by atoms with Gasteiger partial charge in [-0.05, 0) is 52.0 Å². The van der Waals surface area contributed by atoms with E-state index in [9.17, 15) is 5.11 Å². The van der Waals surface area contributed by atoms with Gasteiger partial charge in [0.05, 0.1) is 17.0 Å². The van der Waals surface area contributed by atoms with Gasteiger partial charge in [-0.3, -0.25) is 0 Å². The summed E-state index contributed by atoms with van der Waals surface area (Å²) in [6.45, 7) is 2.55. The lowest BCUT2D eigenvalue weighted by Gasteiger charge is -2.24. The van der Waals surface area contributed by atoms with Gasteiger partial charge >= 0.3 is 0 Å². The van der Waals surface area contributed by atoms with Gasteiger partial charge in [-0.15, -0.1) is 11.3 Å². The zero-order chi connectivity index (χ0) is 14.7. The maximum atomic E-state index is 10.0. The Morgan fingerprint density at radius 2 is 2.20 bits per heavy atom. The monoisotopic (exact) mass is 355 g/mol. The lowest BCUT2D eigenvalue weighted by Crippen LogP contribution is -2.18. The van der Waals surface area contributed by atoms with Crippen LogP contribution in [-0.2, 0) is 6.54 Å². The van der Waals surface area contributed by atoms with Crippen LogP contribution >= 0.6 is 27.3 Å². The topological polar surface area (TPSA) is 32.7 Å². The van der Waals surface area contributed by atoms with Crippen LogP contribution in [0.4, 0.5) is 5.69 Å². The Labute approximate surface area is 131 Å². The van der Waals surface area contributed by atoms with E-state index in [1.807, 2.05) is 25.2 Å². The van der Waals surface area contributed by atoms with Crippen LogP contribution in [0.15, 0.2) is 33.4 Å². The second-order valence-corrected chi connectivity index (χ2v) is 6.97. The second-order valence-electron chi connectivity index (χ2n) is 4.68. The molecule has 0 radical (unpaired) electrons. The third kappa shape index (κ3) is 3.34. The summed E-state index contributed by atoms with van der Waals surface area (Å²) >= 11 is 5.15. The third-order valence-corrected chi connectivity index (χ3v) is 4.69. The molecule has 1 unspecified atom stereocenters. The second kappa shape index (κ2) is 6.61. The van der Waals surface area contributed by atoms with Crippen molar-refractivity contribution in [3.05, 3.63) is 44.6 Å². The molecule has 2 aromatic rings. The molecule has 0 fully saturated rings. The van der Waals surface area contributed by atoms with Crippen LogP contribution in [0.1, 0.15) is 24.2 Å². The number of halogens is 1. The molecule has 0 aliphatic carbocycles. The summed E-state index contributed by atoms with van der Waals surface area (Å²) in [4.78, 5) is 2.12. The Morgan fingerprint density at radius 3 is 2.75 bits per heavy atom. The van der Waals surface area contributed by atoms with Gasteiger partial charge in [-0.1, -0.05) is 6.07 Å². The summed E-state index contributed by atoms with van der Waals surface area (Å²) in [5, 5.41) is 12.2. The van der Waals surface area contributed by atoms with Gasteiger partial charge in [0, 0.05) is 24.8 Å². The lowest BCUT2D eigenvalue weighted by molar-refractivity contribution is 0.194. The Bertz CT molecular complexity index is 583. The fourth-order valence-electron chi connectivity index (χ4n) is 2.25. The van der Waals surface area contributed by atoms with Crippen molar-refractivity contribution >= 4 is 33.0 Å². The molecular formula is C15H18BrNO2S. The van der Waals surface area contributed by atoms with Gasteiger partial charge in [0.2, 0.25) is 0 Å². The van der Waals surface area contributed by atoms with E-state index < -0.39 is 6.10 Å². The maximum absolute atomic E-state index is 10.0. The fraction of sp³-hybridized carbons (Fsp3) is 0.333. The van der Waals surface area contributed by atoms with Crippen LogP contribution in [0.25, 0.3) is 0 Å². The summed E-state index contributed by atoms with van der Waals surface area (Å²) in [5.41, 5.74) is 3.05. The number of thiophene rings is 1. The Hall–Kier alpha value is -1.04. The van der Waals surface area contributed by atoms with Crippen molar-refractivity contribution in [1.29, 1.82) is 0 Å². The number of hydrogen-bond donors (Lipinski definition) is 1. The molecule has 0 bridgehead atoms. The number of benzene rings is 1. The van der Waals surface area contributed by atoms with Gasteiger partial charge in [-0.25, -0.2) is 0 Å². The van der Waals surface area contributed by atoms with Gasteiger partial charge in [-0.2, -0.15) is 0 Å². The number of ether oxygens (including phenoxy) is 1. The molecular weight excluding hydrogens is 338 g/mol. The number of aliphatic hydroxyl groups is 1. The zero-order valence-electron chi connectivity index (χ0n) is 11.8. The fourth-order valence-corrected chi connectivity index (χ4v) is 3.45. The molecule has 0 saturated carbocycles. The molecule has 1 heterocycles. The van der Waals surface area contributed by atoms with E-state index in [1.165, 1.54) is 5.56 Å². The number of methoxy groups -OCH3 is 1. The number of anilines is 1. The third-order valence-electron chi connectivity index (χ3n) is 3.13. The molecule has 5 heteroatoms. The zero-order valence-corrected chi connectivity index (χ0v) is 14.2. The molecule has 0 aliphatic heterocycles. The number of rotatable bonds is 5. The minimum atomic E-state index is -0.571. The largest absolute Gasteiger partial charge is 0.496 e. The van der Waals surface area contributed by atoms with Crippen LogP contribution in [0.3, 0.4) is 0 Å². The van der Waals surface area contributed by atoms with E-state index in [-0.39, 0.29) is 0 Å². The molecule has 108 valence electrons. The first-order valence-electron chi connectivity index (χ1n) is 6.32. The van der Waals surface area contributed by atoms with Crippen LogP contribution in [-0.4, -0.2) is 19.3 Å². The van der Waals surface area contributed by atoms with Gasteiger partial charge in [0.1, 0.15) is 5.75 Å². The van der Waals surface area contributed by atoms with E-state index in [2.05, 4.69) is 32.3 Å². The molecule has 1 N–H and O–H groups in total. The quantitative estimate of drug-likeness (QED) is 0.871. The van der Waals surface area contributed by atoms with Gasteiger partial charge < -0.3 is 14.7 Å². The van der Waals surface area contributed by atoms with Crippen molar-refractivity contribution in [3.63, 3.8) is 0 Å². The van der Waals surface area contributed by atoms with Crippen LogP contribution in [0.5, 0.6) is 5.75 Å². The normalized spacial score (nSPS) is 12.2. The van der Waals surface area contributed by atoms with Crippen molar-refractivity contribution in [2.24, 2.45) is 0 Å². The van der Waals surface area contributed by atoms with E-state index in [4.69, 9.17) is 4.74 Å². The highest BCUT2D eigenvalue weighted by molar-refractivity contribution is 9.11. The van der Waals surface area contributed by atoms with Crippen LogP contribution in [0, 0.1) is 0 Å². The molecule has 1 aromatic carbocycles. The summed E-state index contributed by atoms with van der Waals surface area (Å²) in [6.07, 6.45) is -0.571. The van der Waals surface area contributed by atoms with E-state index in [1.54, 1.807) is 25.4 Å². The van der Waals surface area contributed by atoms with Crippen molar-refractivity contribution in [2.45, 2.75) is 19.6 Å². The van der Waals surface area contributed by atoms with Crippen molar-refractivity contribution < 1.29 is 9.84 Å². The highest BCUT2D eigenvalue weighted by Gasteiger charge is 2.17. The predicted molar refractivity (Wildman–Crippen MR) is 87.8 cm³/mol. The smallest absolute Gasteiger partial charge is 0.126 e. The van der Waals surface area contributed by atoms with Gasteiger partial charge in [0.25, 0.3) is 0 Å². The first-order chi connectivity index (χ1) is 9.52. The standard InChI is InChI=1S/C15H18BrNO2S/c1-10(18)15-12(5-4-6-13(15)19-3)17(2)8-11-7-14(16)20-9-11/h4-7,9-10,18H,8H2,1-3H3. The number of aliphatic hydroxyl groups excluding tert-OH is 1. The molecule has 1 aromatic heterocycles. The Morgan fingerprint density at radius 1 is 1.45 bits per heavy atom. The molecule has 0 saturated heterocycles. The van der Waals surface area contributed by atoms with Crippen molar-refractivity contribution in [3.8, 4) is 5.75 Å². The maximum Gasteiger partial charge on any atom is 0.126 e. The molecule has 20 heavy (non-hydrogen) atoms. The minimum absolute atomic E-state index is 0.571. The number of hydrogen-bond acceptors (Lipinski definition) is 4. The van der Waals surface area contributed by atoms with Crippen molar-refractivity contribution in [2.75, 3.05) is 19.1 Å². The molecule has 0 aliphatic rings. The highest BCUT2D eigenvalue weighted by Crippen LogP contribution is 2.35. The van der Waals surface area contributed by atoms with Crippen LogP contribution < -0.4 is 9.64 Å². The Kier molecular flexibility index (Phi) is 5.07. The molecule has 0 amide bonds. The van der Waals surface area contributed by atoms with Crippen LogP contribution in [0.2, 0.25) is 0 Å². The Balaban J connectivity index is 2.31. The van der Waals surface area contributed by atoms with Crippen molar-refractivity contribution in [1.82, 2.24) is 0 Å². The first kappa shape index (κ1) is 15.4. The SMILES string of the molecule is COc1cccc(N(C)Cc2csc(Br)c2)c1C(C)O. The van der Waals surface area contributed by atoms with E-state index in [0.717, 1.165) is 27.3 Å². The average Bonchev–Trinajstić information content (AvgIpc) is 2.82. The summed E-state index contributed by atoms with van der Waals surface area (Å²) in [5.74, 6) is 0.718. The summed E-state index contributed by atoms with van der Waals surface area (Å²) in [6, 6.07) is 7.94. The summed E-state index contributed by atoms with van der Waals surface area (Å²) < 4.78 is 6.49. The predicted octanol–water partition coefficient (Wildman–Crippen LogP) is 4.21. The molecule has 0 spiro atoms. The first-order valence-corrected chi connectivity index (χ1v) is 7.99. The summed E-state index contributed by atoms with van der Waals surface area (Å²) in [7, 11) is 3.65. The van der Waals surface area contributed by atoms with E-state index in [0.29, 0.717) is 0 Å². The average molecular weight is 356 g/mol. The lowest BCUT2D eigenvalue weighted by atomic mass is 10.1. The minimum Gasteiger partial charge on any atom is -0.496 e. The van der Waals surface area contributed by atoms with E-state index >= 15 is 0 Å². The van der Waals surface area contributed by atoms with Gasteiger partial charge in [0.15, 0.2) is 0 Å².